The minimum absolute atomic E-state index is 0.0671. The maximum absolute atomic E-state index is 10.3. The second-order valence-electron chi connectivity index (χ2n) is 4.92. The monoisotopic (exact) mass is 288 g/mol. The quantitative estimate of drug-likeness (QED) is 0.808. The summed E-state index contributed by atoms with van der Waals surface area (Å²) in [6.07, 6.45) is -0.323. The van der Waals surface area contributed by atoms with Gasteiger partial charge in [0.15, 0.2) is 0 Å². The van der Waals surface area contributed by atoms with Crippen molar-refractivity contribution in [2.24, 2.45) is 5.92 Å². The molecule has 0 saturated carbocycles. The van der Waals surface area contributed by atoms with Gasteiger partial charge in [-0.1, -0.05) is 56.3 Å². The number of phenols is 1. The molecule has 4 nitrogen and oxygen atoms in total. The molecule has 1 atom stereocenters. The fourth-order valence-corrected chi connectivity index (χ4v) is 1.69. The van der Waals surface area contributed by atoms with E-state index in [1.165, 1.54) is 12.1 Å². The molecule has 112 valence electrons. The van der Waals surface area contributed by atoms with E-state index in [0.29, 0.717) is 0 Å². The average molecular weight is 288 g/mol. The van der Waals surface area contributed by atoms with Crippen molar-refractivity contribution in [2.45, 2.75) is 20.0 Å². The van der Waals surface area contributed by atoms with Crippen LogP contribution in [0.4, 0.5) is 0 Å². The topological polar surface area (TPSA) is 77.8 Å². The summed E-state index contributed by atoms with van der Waals surface area (Å²) in [7, 11) is 0. The average Bonchev–Trinajstić information content (AvgIpc) is 2.48. The van der Waals surface area contributed by atoms with Crippen molar-refractivity contribution < 1.29 is 20.1 Å². The van der Waals surface area contributed by atoms with Crippen molar-refractivity contribution in [3.63, 3.8) is 0 Å². The summed E-state index contributed by atoms with van der Waals surface area (Å²) >= 11 is 0. The Hall–Kier alpha value is -2.33. The van der Waals surface area contributed by atoms with Crippen LogP contribution in [0.25, 0.3) is 0 Å². The maximum atomic E-state index is 10.3. The smallest absolute Gasteiger partial charge is 0.339 e. The van der Waals surface area contributed by atoms with Crippen molar-refractivity contribution in [1.82, 2.24) is 0 Å². The van der Waals surface area contributed by atoms with Crippen LogP contribution in [-0.4, -0.2) is 21.3 Å². The van der Waals surface area contributed by atoms with Gasteiger partial charge in [0.25, 0.3) is 0 Å². The third-order valence-corrected chi connectivity index (χ3v) is 2.91. The van der Waals surface area contributed by atoms with E-state index in [2.05, 4.69) is 0 Å². The number of carboxylic acid groups (broad SMARTS) is 1. The highest BCUT2D eigenvalue weighted by atomic mass is 16.4. The highest BCUT2D eigenvalue weighted by molar-refractivity contribution is 5.90. The van der Waals surface area contributed by atoms with Gasteiger partial charge in [-0.3, -0.25) is 0 Å². The van der Waals surface area contributed by atoms with Crippen molar-refractivity contribution >= 4 is 5.97 Å². The van der Waals surface area contributed by atoms with E-state index in [1.807, 2.05) is 44.2 Å². The lowest BCUT2D eigenvalue weighted by atomic mass is 10.00. The van der Waals surface area contributed by atoms with Gasteiger partial charge in [0.1, 0.15) is 11.3 Å². The number of aliphatic hydroxyl groups excluding tert-OH is 1. The highest BCUT2D eigenvalue weighted by Gasteiger charge is 2.10. The van der Waals surface area contributed by atoms with Gasteiger partial charge in [-0.2, -0.15) is 0 Å². The van der Waals surface area contributed by atoms with Gasteiger partial charge in [-0.05, 0) is 23.6 Å². The summed E-state index contributed by atoms with van der Waals surface area (Å²) in [5, 5.41) is 26.9. The van der Waals surface area contributed by atoms with Gasteiger partial charge >= 0.3 is 5.97 Å². The van der Waals surface area contributed by atoms with Crippen LogP contribution in [0.5, 0.6) is 5.75 Å². The lowest BCUT2D eigenvalue weighted by molar-refractivity contribution is 0.0693. The standard InChI is InChI=1S/C10H14O.C7H6O3/c1-8(2)10(11)9-6-4-3-5-7-9;8-6-4-2-1-3-5(6)7(9)10/h3-8,10-11H,1-2H3;1-4,8H,(H,9,10). The van der Waals surface area contributed by atoms with Crippen molar-refractivity contribution in [3.8, 4) is 5.75 Å². The van der Waals surface area contributed by atoms with Gasteiger partial charge < -0.3 is 15.3 Å². The molecular formula is C17H20O4. The zero-order valence-corrected chi connectivity index (χ0v) is 12.1. The minimum atomic E-state index is -1.11. The van der Waals surface area contributed by atoms with E-state index >= 15 is 0 Å². The Bertz CT molecular complexity index is 564. The summed E-state index contributed by atoms with van der Waals surface area (Å²) in [5.74, 6) is -1.02. The number of hydrogen-bond acceptors (Lipinski definition) is 3. The van der Waals surface area contributed by atoms with Gasteiger partial charge in [0.05, 0.1) is 6.10 Å². The van der Waals surface area contributed by atoms with Gasteiger partial charge in [0.2, 0.25) is 0 Å². The third-order valence-electron chi connectivity index (χ3n) is 2.91. The Morgan fingerprint density at radius 3 is 1.90 bits per heavy atom. The molecule has 0 fully saturated rings. The van der Waals surface area contributed by atoms with E-state index in [0.717, 1.165) is 5.56 Å². The summed E-state index contributed by atoms with van der Waals surface area (Å²) < 4.78 is 0. The molecule has 0 heterocycles. The molecule has 0 radical (unpaired) electrons. The van der Waals surface area contributed by atoms with Gasteiger partial charge in [0, 0.05) is 0 Å². The normalized spacial score (nSPS) is 11.4. The van der Waals surface area contributed by atoms with Crippen LogP contribution in [0.2, 0.25) is 0 Å². The fraction of sp³-hybridized carbons (Fsp3) is 0.235. The molecule has 2 aromatic carbocycles. The molecular weight excluding hydrogens is 268 g/mol. The molecule has 0 bridgehead atoms. The SMILES string of the molecule is CC(C)C(O)c1ccccc1.O=C(O)c1ccccc1O. The van der Waals surface area contributed by atoms with E-state index in [1.54, 1.807) is 12.1 Å². The Morgan fingerprint density at radius 1 is 0.952 bits per heavy atom. The van der Waals surface area contributed by atoms with E-state index in [4.69, 9.17) is 10.2 Å². The van der Waals surface area contributed by atoms with E-state index < -0.39 is 5.97 Å². The van der Waals surface area contributed by atoms with Crippen LogP contribution in [0.1, 0.15) is 35.9 Å². The summed E-state index contributed by atoms with van der Waals surface area (Å²) in [6.45, 7) is 4.02. The Balaban J connectivity index is 0.000000211. The first kappa shape index (κ1) is 16.7. The van der Waals surface area contributed by atoms with E-state index in [-0.39, 0.29) is 23.3 Å². The number of carbonyl (C=O) groups is 1. The van der Waals surface area contributed by atoms with Gasteiger partial charge in [-0.15, -0.1) is 0 Å². The molecule has 1 unspecified atom stereocenters. The summed E-state index contributed by atoms with van der Waals surface area (Å²) in [6, 6.07) is 15.6. The number of benzene rings is 2. The van der Waals surface area contributed by atoms with Crippen LogP contribution in [-0.2, 0) is 0 Å². The van der Waals surface area contributed by atoms with Crippen molar-refractivity contribution in [1.29, 1.82) is 0 Å². The molecule has 0 aliphatic carbocycles. The number of rotatable bonds is 3. The molecule has 4 heteroatoms. The third kappa shape index (κ3) is 5.28. The maximum Gasteiger partial charge on any atom is 0.339 e. The fourth-order valence-electron chi connectivity index (χ4n) is 1.69. The molecule has 0 aromatic heterocycles. The van der Waals surface area contributed by atoms with Crippen LogP contribution >= 0.6 is 0 Å². The summed E-state index contributed by atoms with van der Waals surface area (Å²) in [5.41, 5.74) is 0.935. The lowest BCUT2D eigenvalue weighted by Gasteiger charge is -2.13. The van der Waals surface area contributed by atoms with Crippen LogP contribution in [0, 0.1) is 5.92 Å². The second kappa shape index (κ2) is 8.07. The number of hydrogen-bond donors (Lipinski definition) is 3. The number of aromatic hydroxyl groups is 1. The number of para-hydroxylation sites is 1. The van der Waals surface area contributed by atoms with Gasteiger partial charge in [-0.25, -0.2) is 4.79 Å². The zero-order valence-electron chi connectivity index (χ0n) is 12.1. The zero-order chi connectivity index (χ0) is 15.8. The minimum Gasteiger partial charge on any atom is -0.507 e. The Labute approximate surface area is 124 Å². The predicted molar refractivity (Wildman–Crippen MR) is 81.3 cm³/mol. The first-order valence-corrected chi connectivity index (χ1v) is 6.67. The number of aliphatic hydroxyl groups is 1. The molecule has 0 saturated heterocycles. The van der Waals surface area contributed by atoms with Crippen molar-refractivity contribution in [2.75, 3.05) is 0 Å². The number of carboxylic acids is 1. The van der Waals surface area contributed by atoms with Crippen LogP contribution in [0.3, 0.4) is 0 Å². The van der Waals surface area contributed by atoms with E-state index in [9.17, 15) is 9.90 Å². The number of aromatic carboxylic acids is 1. The molecule has 2 aromatic rings. The highest BCUT2D eigenvalue weighted by Crippen LogP contribution is 2.20. The summed E-state index contributed by atoms with van der Waals surface area (Å²) in [4.78, 5) is 10.3. The first-order chi connectivity index (χ1) is 9.93. The predicted octanol–water partition coefficient (Wildman–Crippen LogP) is 3.47. The molecule has 3 N–H and O–H groups in total. The van der Waals surface area contributed by atoms with Crippen LogP contribution in [0.15, 0.2) is 54.6 Å². The molecule has 2 rings (SSSR count). The molecule has 21 heavy (non-hydrogen) atoms. The first-order valence-electron chi connectivity index (χ1n) is 6.67. The molecule has 0 amide bonds. The molecule has 0 aliphatic heterocycles. The molecule has 0 spiro atoms. The van der Waals surface area contributed by atoms with Crippen LogP contribution < -0.4 is 0 Å². The van der Waals surface area contributed by atoms with Crippen molar-refractivity contribution in [3.05, 3.63) is 65.7 Å². The second-order valence-corrected chi connectivity index (χ2v) is 4.92. The Kier molecular flexibility index (Phi) is 6.43. The lowest BCUT2D eigenvalue weighted by Crippen LogP contribution is -2.04. The Morgan fingerprint density at radius 2 is 1.48 bits per heavy atom. The molecule has 0 aliphatic rings. The largest absolute Gasteiger partial charge is 0.507 e.